The van der Waals surface area contributed by atoms with Crippen LogP contribution in [0.5, 0.6) is 5.75 Å². The lowest BCUT2D eigenvalue weighted by atomic mass is 10.2. The molecule has 0 aliphatic heterocycles. The van der Waals surface area contributed by atoms with E-state index in [-0.39, 0.29) is 21.9 Å². The van der Waals surface area contributed by atoms with Crippen molar-refractivity contribution in [3.05, 3.63) is 52.0 Å². The van der Waals surface area contributed by atoms with Crippen molar-refractivity contribution in [1.29, 1.82) is 5.26 Å². The molecule has 0 unspecified atom stereocenters. The maximum Gasteiger partial charge on any atom is 0.262 e. The van der Waals surface area contributed by atoms with Crippen molar-refractivity contribution < 1.29 is 13.5 Å². The lowest BCUT2D eigenvalue weighted by Crippen LogP contribution is -2.14. The fourth-order valence-corrected chi connectivity index (χ4v) is 3.46. The number of para-hydroxylation sites is 1. The van der Waals surface area contributed by atoms with E-state index in [1.54, 1.807) is 31.2 Å². The Labute approximate surface area is 131 Å². The quantitative estimate of drug-likeness (QED) is 0.816. The van der Waals surface area contributed by atoms with Crippen LogP contribution in [-0.4, -0.2) is 13.5 Å². The van der Waals surface area contributed by atoms with Gasteiger partial charge in [0.1, 0.15) is 0 Å². The second-order valence-electron chi connectivity index (χ2n) is 4.33. The number of aromatic hydroxyl groups is 1. The van der Waals surface area contributed by atoms with Gasteiger partial charge < -0.3 is 5.11 Å². The predicted octanol–water partition coefficient (Wildman–Crippen LogP) is 3.14. The van der Waals surface area contributed by atoms with Crippen molar-refractivity contribution >= 4 is 31.6 Å². The number of nitrogens with zero attached hydrogens (tertiary/aromatic N) is 1. The molecule has 0 atom stereocenters. The molecule has 0 aliphatic rings. The van der Waals surface area contributed by atoms with Crippen LogP contribution in [0, 0.1) is 18.3 Å². The Kier molecular flexibility index (Phi) is 4.21. The molecule has 0 fully saturated rings. The maximum absolute atomic E-state index is 12.4. The molecule has 2 aromatic carbocycles. The van der Waals surface area contributed by atoms with Gasteiger partial charge in [0.25, 0.3) is 10.0 Å². The Balaban J connectivity index is 2.49. The van der Waals surface area contributed by atoms with Crippen LogP contribution in [0.4, 0.5) is 5.69 Å². The number of phenols is 1. The third-order valence-corrected chi connectivity index (χ3v) is 4.99. The Morgan fingerprint density at radius 3 is 2.67 bits per heavy atom. The molecule has 0 heterocycles. The fraction of sp³-hybridized carbons (Fsp3) is 0.0714. The molecule has 0 radical (unpaired) electrons. The van der Waals surface area contributed by atoms with E-state index in [9.17, 15) is 13.5 Å². The van der Waals surface area contributed by atoms with Crippen LogP contribution in [0.15, 0.2) is 45.8 Å². The molecule has 2 rings (SSSR count). The second kappa shape index (κ2) is 5.76. The summed E-state index contributed by atoms with van der Waals surface area (Å²) in [6, 6.07) is 10.9. The van der Waals surface area contributed by atoms with Crippen LogP contribution in [0.25, 0.3) is 0 Å². The zero-order chi connectivity index (χ0) is 15.6. The molecule has 7 heteroatoms. The molecular formula is C14H11BrN2O3S. The number of benzene rings is 2. The van der Waals surface area contributed by atoms with Gasteiger partial charge in [-0.1, -0.05) is 12.1 Å². The summed E-state index contributed by atoms with van der Waals surface area (Å²) < 4.78 is 27.5. The summed E-state index contributed by atoms with van der Waals surface area (Å²) in [4.78, 5) is 0.000857. The van der Waals surface area contributed by atoms with E-state index in [0.717, 1.165) is 0 Å². The smallest absolute Gasteiger partial charge is 0.262 e. The lowest BCUT2D eigenvalue weighted by molar-refractivity contribution is 0.474. The van der Waals surface area contributed by atoms with Gasteiger partial charge in [-0.2, -0.15) is 5.26 Å². The fourth-order valence-electron chi connectivity index (χ4n) is 1.76. The zero-order valence-electron chi connectivity index (χ0n) is 11.0. The number of anilines is 1. The third kappa shape index (κ3) is 3.17. The van der Waals surface area contributed by atoms with Crippen LogP contribution in [0.1, 0.15) is 11.1 Å². The first kappa shape index (κ1) is 15.4. The molecule has 0 saturated heterocycles. The molecule has 5 nitrogen and oxygen atoms in total. The topological polar surface area (TPSA) is 90.2 Å². The van der Waals surface area contributed by atoms with Crippen LogP contribution in [-0.2, 0) is 10.0 Å². The third-order valence-electron chi connectivity index (χ3n) is 2.84. The normalized spacial score (nSPS) is 10.9. The molecule has 2 N–H and O–H groups in total. The van der Waals surface area contributed by atoms with Crippen molar-refractivity contribution in [2.75, 3.05) is 4.72 Å². The number of hydrogen-bond donors (Lipinski definition) is 2. The molecular weight excluding hydrogens is 356 g/mol. The van der Waals surface area contributed by atoms with Crippen molar-refractivity contribution in [1.82, 2.24) is 0 Å². The summed E-state index contributed by atoms with van der Waals surface area (Å²) in [5, 5.41) is 18.7. The summed E-state index contributed by atoms with van der Waals surface area (Å²) in [6.45, 7) is 1.64. The van der Waals surface area contributed by atoms with E-state index in [4.69, 9.17) is 5.26 Å². The van der Waals surface area contributed by atoms with Gasteiger partial charge in [-0.05, 0) is 52.7 Å². The van der Waals surface area contributed by atoms with Gasteiger partial charge in [0.15, 0.2) is 5.75 Å². The van der Waals surface area contributed by atoms with Crippen LogP contribution in [0.3, 0.4) is 0 Å². The van der Waals surface area contributed by atoms with Crippen LogP contribution >= 0.6 is 15.9 Å². The number of aryl methyl sites for hydroxylation is 1. The molecule has 0 aliphatic carbocycles. The van der Waals surface area contributed by atoms with E-state index < -0.39 is 10.0 Å². The highest BCUT2D eigenvalue weighted by Gasteiger charge is 2.19. The Hall–Kier alpha value is -2.04. The number of sulfonamides is 1. The van der Waals surface area contributed by atoms with E-state index in [0.29, 0.717) is 10.0 Å². The van der Waals surface area contributed by atoms with Gasteiger partial charge in [0.05, 0.1) is 26.7 Å². The highest BCUT2D eigenvalue weighted by molar-refractivity contribution is 9.10. The first-order chi connectivity index (χ1) is 9.85. The number of halogens is 1. The molecule has 0 amide bonds. The molecule has 0 aromatic heterocycles. The lowest BCUT2D eigenvalue weighted by Gasteiger charge is -2.12. The number of hydrogen-bond acceptors (Lipinski definition) is 4. The largest absolute Gasteiger partial charge is 0.505 e. The summed E-state index contributed by atoms with van der Waals surface area (Å²) in [6.07, 6.45) is 0. The van der Waals surface area contributed by atoms with Crippen LogP contribution in [0.2, 0.25) is 0 Å². The van der Waals surface area contributed by atoms with E-state index in [2.05, 4.69) is 20.7 Å². The van der Waals surface area contributed by atoms with E-state index in [1.165, 1.54) is 12.1 Å². The minimum Gasteiger partial charge on any atom is -0.505 e. The van der Waals surface area contributed by atoms with Gasteiger partial charge >= 0.3 is 0 Å². The summed E-state index contributed by atoms with van der Waals surface area (Å²) in [5.41, 5.74) is 0.821. The maximum atomic E-state index is 12.4. The van der Waals surface area contributed by atoms with Gasteiger partial charge in [0.2, 0.25) is 0 Å². The van der Waals surface area contributed by atoms with Crippen LogP contribution < -0.4 is 4.72 Å². The monoisotopic (exact) mass is 366 g/mol. The van der Waals surface area contributed by atoms with Crippen molar-refractivity contribution in [3.8, 4) is 11.8 Å². The first-order valence-electron chi connectivity index (χ1n) is 5.86. The average molecular weight is 367 g/mol. The standard InChI is InChI=1S/C14H11BrN2O3S/c1-9-5-6-10(8-16)7-13(9)21(19,20)17-12-4-2-3-11(15)14(12)18/h2-7,17-18H,1H3. The Morgan fingerprint density at radius 2 is 2.00 bits per heavy atom. The molecule has 2 aromatic rings. The molecule has 0 bridgehead atoms. The van der Waals surface area contributed by atoms with Gasteiger partial charge in [0, 0.05) is 0 Å². The molecule has 108 valence electrons. The molecule has 0 saturated carbocycles. The highest BCUT2D eigenvalue weighted by Crippen LogP contribution is 2.33. The second-order valence-corrected chi connectivity index (χ2v) is 6.84. The summed E-state index contributed by atoms with van der Waals surface area (Å²) in [5.74, 6) is -0.199. The van der Waals surface area contributed by atoms with E-state index >= 15 is 0 Å². The molecule has 21 heavy (non-hydrogen) atoms. The number of nitriles is 1. The van der Waals surface area contributed by atoms with E-state index in [1.807, 2.05) is 6.07 Å². The van der Waals surface area contributed by atoms with Gasteiger partial charge in [-0.3, -0.25) is 4.72 Å². The average Bonchev–Trinajstić information content (AvgIpc) is 2.44. The van der Waals surface area contributed by atoms with Crippen molar-refractivity contribution in [3.63, 3.8) is 0 Å². The number of phenolic OH excluding ortho intramolecular Hbond substituents is 1. The zero-order valence-corrected chi connectivity index (χ0v) is 13.4. The van der Waals surface area contributed by atoms with Gasteiger partial charge in [-0.25, -0.2) is 8.42 Å². The summed E-state index contributed by atoms with van der Waals surface area (Å²) >= 11 is 3.12. The van der Waals surface area contributed by atoms with Crippen molar-refractivity contribution in [2.45, 2.75) is 11.8 Å². The van der Waals surface area contributed by atoms with Gasteiger partial charge in [-0.15, -0.1) is 0 Å². The highest BCUT2D eigenvalue weighted by atomic mass is 79.9. The van der Waals surface area contributed by atoms with Crippen molar-refractivity contribution in [2.24, 2.45) is 0 Å². The number of rotatable bonds is 3. The predicted molar refractivity (Wildman–Crippen MR) is 82.5 cm³/mol. The first-order valence-corrected chi connectivity index (χ1v) is 8.14. The minimum atomic E-state index is -3.90. The Bertz CT molecular complexity index is 842. The Morgan fingerprint density at radius 1 is 1.29 bits per heavy atom. The number of nitrogens with one attached hydrogen (secondary N) is 1. The SMILES string of the molecule is Cc1ccc(C#N)cc1S(=O)(=O)Nc1cccc(Br)c1O. The molecule has 0 spiro atoms. The minimum absolute atomic E-state index is 0.000857. The summed E-state index contributed by atoms with van der Waals surface area (Å²) in [7, 11) is -3.90.